The van der Waals surface area contributed by atoms with E-state index in [0.717, 1.165) is 22.7 Å². The summed E-state index contributed by atoms with van der Waals surface area (Å²) in [6.07, 6.45) is 0. The van der Waals surface area contributed by atoms with Gasteiger partial charge in [0.05, 0.1) is 25.4 Å². The molecular formula is C17H20ClNO2. The van der Waals surface area contributed by atoms with Crippen LogP contribution < -0.4 is 14.8 Å². The van der Waals surface area contributed by atoms with Crippen LogP contribution in [0.1, 0.15) is 19.4 Å². The van der Waals surface area contributed by atoms with Crippen LogP contribution in [0.5, 0.6) is 11.5 Å². The first-order chi connectivity index (χ1) is 9.96. The number of anilines is 1. The predicted molar refractivity (Wildman–Crippen MR) is 87.6 cm³/mol. The van der Waals surface area contributed by atoms with Gasteiger partial charge in [0.25, 0.3) is 0 Å². The molecular weight excluding hydrogens is 286 g/mol. The van der Waals surface area contributed by atoms with Crippen molar-refractivity contribution in [1.82, 2.24) is 0 Å². The van der Waals surface area contributed by atoms with Crippen molar-refractivity contribution in [2.45, 2.75) is 19.4 Å². The lowest BCUT2D eigenvalue weighted by Gasteiger charge is -2.29. The standard InChI is InChI=1S/C17H20ClNO2/c1-17(2,12-5-8-14(20-3)9-6-12)19-15-11-13(18)7-10-16(15)21-4/h5-11,19H,1-4H3. The number of hydrogen-bond donors (Lipinski definition) is 1. The second kappa shape index (κ2) is 6.27. The molecule has 0 heterocycles. The van der Waals surface area contributed by atoms with Crippen molar-refractivity contribution < 1.29 is 9.47 Å². The SMILES string of the molecule is COc1ccc(C(C)(C)Nc2cc(Cl)ccc2OC)cc1. The molecule has 0 bridgehead atoms. The van der Waals surface area contributed by atoms with Gasteiger partial charge in [-0.1, -0.05) is 23.7 Å². The minimum atomic E-state index is -0.274. The van der Waals surface area contributed by atoms with Gasteiger partial charge in [-0.3, -0.25) is 0 Å². The quantitative estimate of drug-likeness (QED) is 0.868. The Bertz CT molecular complexity index is 609. The number of methoxy groups -OCH3 is 2. The summed E-state index contributed by atoms with van der Waals surface area (Å²) in [6.45, 7) is 4.21. The summed E-state index contributed by atoms with van der Waals surface area (Å²) in [7, 11) is 3.31. The molecule has 2 rings (SSSR count). The zero-order valence-electron chi connectivity index (χ0n) is 12.7. The molecule has 21 heavy (non-hydrogen) atoms. The Morgan fingerprint density at radius 2 is 1.62 bits per heavy atom. The largest absolute Gasteiger partial charge is 0.497 e. The summed E-state index contributed by atoms with van der Waals surface area (Å²) in [5, 5.41) is 4.15. The van der Waals surface area contributed by atoms with Gasteiger partial charge in [-0.25, -0.2) is 0 Å². The van der Waals surface area contributed by atoms with Crippen molar-refractivity contribution in [3.05, 3.63) is 53.1 Å². The van der Waals surface area contributed by atoms with Crippen molar-refractivity contribution >= 4 is 17.3 Å². The Hall–Kier alpha value is -1.87. The van der Waals surface area contributed by atoms with Gasteiger partial charge in [-0.05, 0) is 49.7 Å². The van der Waals surface area contributed by atoms with Crippen LogP contribution in [0, 0.1) is 0 Å². The number of rotatable bonds is 5. The molecule has 0 spiro atoms. The molecule has 0 aromatic heterocycles. The van der Waals surface area contributed by atoms with E-state index in [1.165, 1.54) is 0 Å². The van der Waals surface area contributed by atoms with E-state index in [-0.39, 0.29) is 5.54 Å². The Kier molecular flexibility index (Phi) is 4.63. The predicted octanol–water partition coefficient (Wildman–Crippen LogP) is 4.70. The number of halogens is 1. The maximum atomic E-state index is 6.08. The first-order valence-corrected chi connectivity index (χ1v) is 7.10. The van der Waals surface area contributed by atoms with E-state index in [1.807, 2.05) is 42.5 Å². The second-order valence-corrected chi connectivity index (χ2v) is 5.76. The third-order valence-electron chi connectivity index (χ3n) is 3.42. The van der Waals surface area contributed by atoms with E-state index in [1.54, 1.807) is 14.2 Å². The van der Waals surface area contributed by atoms with Crippen LogP contribution in [0.15, 0.2) is 42.5 Å². The molecule has 2 aromatic rings. The van der Waals surface area contributed by atoms with Gasteiger partial charge in [-0.2, -0.15) is 0 Å². The van der Waals surface area contributed by atoms with Crippen molar-refractivity contribution in [2.24, 2.45) is 0 Å². The van der Waals surface area contributed by atoms with Crippen LogP contribution in [0.2, 0.25) is 5.02 Å². The highest BCUT2D eigenvalue weighted by Gasteiger charge is 2.22. The van der Waals surface area contributed by atoms with Crippen molar-refractivity contribution in [1.29, 1.82) is 0 Å². The molecule has 0 aliphatic rings. The smallest absolute Gasteiger partial charge is 0.142 e. The average Bonchev–Trinajstić information content (AvgIpc) is 2.47. The van der Waals surface area contributed by atoms with Crippen LogP contribution in [-0.4, -0.2) is 14.2 Å². The highest BCUT2D eigenvalue weighted by molar-refractivity contribution is 6.30. The number of ether oxygens (including phenoxy) is 2. The van der Waals surface area contributed by atoms with Gasteiger partial charge in [0, 0.05) is 5.02 Å². The van der Waals surface area contributed by atoms with Crippen molar-refractivity contribution in [3.63, 3.8) is 0 Å². The Morgan fingerprint density at radius 1 is 0.952 bits per heavy atom. The zero-order valence-corrected chi connectivity index (χ0v) is 13.5. The normalized spacial score (nSPS) is 11.1. The summed E-state index contributed by atoms with van der Waals surface area (Å²) in [4.78, 5) is 0. The van der Waals surface area contributed by atoms with E-state index in [9.17, 15) is 0 Å². The molecule has 0 unspecified atom stereocenters. The molecule has 2 aromatic carbocycles. The van der Waals surface area contributed by atoms with Gasteiger partial charge in [0.2, 0.25) is 0 Å². The molecule has 112 valence electrons. The van der Waals surface area contributed by atoms with Gasteiger partial charge >= 0.3 is 0 Å². The van der Waals surface area contributed by atoms with E-state index in [4.69, 9.17) is 21.1 Å². The van der Waals surface area contributed by atoms with Crippen molar-refractivity contribution in [3.8, 4) is 11.5 Å². The fraction of sp³-hybridized carbons (Fsp3) is 0.294. The molecule has 0 saturated heterocycles. The van der Waals surface area contributed by atoms with Gasteiger partial charge in [0.15, 0.2) is 0 Å². The Morgan fingerprint density at radius 3 is 2.19 bits per heavy atom. The van der Waals surface area contributed by atoms with Crippen LogP contribution in [-0.2, 0) is 5.54 Å². The van der Waals surface area contributed by atoms with Crippen LogP contribution in [0.4, 0.5) is 5.69 Å². The van der Waals surface area contributed by atoms with Gasteiger partial charge in [-0.15, -0.1) is 0 Å². The lowest BCUT2D eigenvalue weighted by atomic mass is 9.93. The lowest BCUT2D eigenvalue weighted by molar-refractivity contribution is 0.413. The molecule has 1 N–H and O–H groups in total. The van der Waals surface area contributed by atoms with E-state index in [2.05, 4.69) is 19.2 Å². The Labute approximate surface area is 130 Å². The molecule has 0 amide bonds. The summed E-state index contributed by atoms with van der Waals surface area (Å²) >= 11 is 6.08. The zero-order chi connectivity index (χ0) is 15.5. The van der Waals surface area contributed by atoms with E-state index < -0.39 is 0 Å². The van der Waals surface area contributed by atoms with E-state index in [0.29, 0.717) is 5.02 Å². The summed E-state index contributed by atoms with van der Waals surface area (Å²) in [5.41, 5.74) is 1.74. The monoisotopic (exact) mass is 305 g/mol. The van der Waals surface area contributed by atoms with Crippen molar-refractivity contribution in [2.75, 3.05) is 19.5 Å². The summed E-state index contributed by atoms with van der Waals surface area (Å²) in [6, 6.07) is 13.5. The van der Waals surface area contributed by atoms with Gasteiger partial charge < -0.3 is 14.8 Å². The topological polar surface area (TPSA) is 30.5 Å². The molecule has 0 fully saturated rings. The maximum Gasteiger partial charge on any atom is 0.142 e. The average molecular weight is 306 g/mol. The Balaban J connectivity index is 2.29. The molecule has 0 aliphatic heterocycles. The molecule has 0 radical (unpaired) electrons. The first kappa shape index (κ1) is 15.5. The molecule has 4 heteroatoms. The molecule has 0 atom stereocenters. The maximum absolute atomic E-state index is 6.08. The first-order valence-electron chi connectivity index (χ1n) is 6.72. The summed E-state index contributed by atoms with van der Waals surface area (Å²) < 4.78 is 10.6. The van der Waals surface area contributed by atoms with E-state index >= 15 is 0 Å². The fourth-order valence-electron chi connectivity index (χ4n) is 2.19. The van der Waals surface area contributed by atoms with Crippen LogP contribution >= 0.6 is 11.6 Å². The molecule has 3 nitrogen and oxygen atoms in total. The van der Waals surface area contributed by atoms with Crippen LogP contribution in [0.3, 0.4) is 0 Å². The lowest BCUT2D eigenvalue weighted by Crippen LogP contribution is -2.28. The third-order valence-corrected chi connectivity index (χ3v) is 3.66. The second-order valence-electron chi connectivity index (χ2n) is 5.32. The molecule has 0 aliphatic carbocycles. The van der Waals surface area contributed by atoms with Crippen LogP contribution in [0.25, 0.3) is 0 Å². The minimum absolute atomic E-state index is 0.274. The molecule has 0 saturated carbocycles. The summed E-state index contributed by atoms with van der Waals surface area (Å²) in [5.74, 6) is 1.61. The van der Waals surface area contributed by atoms with Gasteiger partial charge in [0.1, 0.15) is 11.5 Å². The highest BCUT2D eigenvalue weighted by Crippen LogP contribution is 2.33. The fourth-order valence-corrected chi connectivity index (χ4v) is 2.37. The minimum Gasteiger partial charge on any atom is -0.497 e. The highest BCUT2D eigenvalue weighted by atomic mass is 35.5. The third kappa shape index (κ3) is 3.61. The number of benzene rings is 2. The number of nitrogens with one attached hydrogen (secondary N) is 1. The number of hydrogen-bond acceptors (Lipinski definition) is 3.